The van der Waals surface area contributed by atoms with Crippen LogP contribution in [0.15, 0.2) is 72.9 Å². The summed E-state index contributed by atoms with van der Waals surface area (Å²) in [7, 11) is 1.53. The first-order chi connectivity index (χ1) is 33.0. The Kier molecular flexibility index (Phi) is 48.4. The minimum Gasteiger partial charge on any atom is -0.387 e. The van der Waals surface area contributed by atoms with Crippen molar-refractivity contribution in [1.29, 1.82) is 0 Å². The first kappa shape index (κ1) is 65.9. The van der Waals surface area contributed by atoms with E-state index < -0.39 is 20.0 Å². The summed E-state index contributed by atoms with van der Waals surface area (Å²) in [6.45, 7) is 4.67. The van der Waals surface area contributed by atoms with Crippen LogP contribution in [-0.2, 0) is 18.4 Å². The highest BCUT2D eigenvalue weighted by Gasteiger charge is 2.27. The van der Waals surface area contributed by atoms with Gasteiger partial charge in [-0.25, -0.2) is 4.57 Å². The Bertz CT molecular complexity index is 1330. The number of hydrogen-bond acceptors (Lipinski definition) is 5. The molecule has 0 fully saturated rings. The molecule has 3 unspecified atom stereocenters. The van der Waals surface area contributed by atoms with E-state index in [1.807, 2.05) is 27.2 Å². The monoisotopic (exact) mass is 974 g/mol. The van der Waals surface area contributed by atoms with E-state index in [9.17, 15) is 19.4 Å². The van der Waals surface area contributed by atoms with Gasteiger partial charge in [0.15, 0.2) is 0 Å². The maximum atomic E-state index is 12.9. The molecular formula is C59H110N2O6P+. The molecule has 0 rings (SSSR count). The molecule has 0 aliphatic carbocycles. The van der Waals surface area contributed by atoms with Gasteiger partial charge in [-0.1, -0.05) is 254 Å². The lowest BCUT2D eigenvalue weighted by atomic mass is 10.0. The van der Waals surface area contributed by atoms with Gasteiger partial charge in [0, 0.05) is 6.42 Å². The van der Waals surface area contributed by atoms with E-state index in [-0.39, 0.29) is 25.5 Å². The van der Waals surface area contributed by atoms with Gasteiger partial charge in [0.2, 0.25) is 5.91 Å². The van der Waals surface area contributed by atoms with Gasteiger partial charge in [-0.2, -0.15) is 0 Å². The summed E-state index contributed by atoms with van der Waals surface area (Å²) in [4.78, 5) is 23.2. The minimum absolute atomic E-state index is 0.0478. The van der Waals surface area contributed by atoms with E-state index in [2.05, 4.69) is 79.9 Å². The van der Waals surface area contributed by atoms with Gasteiger partial charge in [-0.05, 0) is 57.8 Å². The summed E-state index contributed by atoms with van der Waals surface area (Å²) in [5.41, 5.74) is 0. The Morgan fingerprint density at radius 3 is 1.28 bits per heavy atom. The molecule has 0 saturated heterocycles. The number of unbranched alkanes of at least 4 members (excludes halogenated alkanes) is 28. The zero-order valence-electron chi connectivity index (χ0n) is 45.1. The van der Waals surface area contributed by atoms with Crippen LogP contribution < -0.4 is 5.32 Å². The molecule has 0 spiro atoms. The van der Waals surface area contributed by atoms with Crippen LogP contribution in [0.25, 0.3) is 0 Å². The number of carbonyl (C=O) groups is 1. The molecule has 396 valence electrons. The van der Waals surface area contributed by atoms with Gasteiger partial charge in [0.1, 0.15) is 13.2 Å². The fourth-order valence-corrected chi connectivity index (χ4v) is 8.76. The van der Waals surface area contributed by atoms with Gasteiger partial charge in [-0.3, -0.25) is 13.8 Å². The molecule has 0 heterocycles. The standard InChI is InChI=1S/C59H109N2O6P/c1-6-8-10-12-14-16-18-20-22-24-25-26-27-28-29-30-31-32-33-34-35-37-38-40-42-44-46-48-50-52-58(62)57(56-67-68(64,65)66-55-54-61(3,4)5)60-59(63)53-51-49-47-45-43-41-39-36-23-21-19-17-15-13-11-9-7-2/h9,11,15,17,21,23,39,41,45,47,50,52,57-58,62H,6-8,10,12-14,16,18-20,22,24-38,40,42-44,46,48-49,51,53-56H2,1-5H3,(H-,60,63,64,65)/p+1/b11-9-,17-15-,23-21-,41-39-,47-45-,52-50+. The first-order valence-electron chi connectivity index (χ1n) is 28.3. The number of aliphatic hydroxyl groups is 1. The molecule has 0 aliphatic heterocycles. The Hall–Kier alpha value is -2.06. The molecule has 0 bridgehead atoms. The number of phosphoric acid groups is 1. The number of nitrogens with zero attached hydrogens (tertiary/aromatic N) is 1. The third kappa shape index (κ3) is 51.8. The SMILES string of the molecule is CC/C=C\C/C=C\C/C=C\C/C=C\C/C=C\CCCC(=O)NC(COP(=O)(O)OCC[N+](C)(C)C)C(O)/C=C/CCCCCCCCCCCCCCCCCCCCCCCCCCCCC. The fourth-order valence-electron chi connectivity index (χ4n) is 8.02. The molecule has 9 heteroatoms. The number of likely N-dealkylation sites (N-methyl/N-ethyl adjacent to an activating group) is 1. The van der Waals surface area contributed by atoms with Crippen molar-refractivity contribution in [1.82, 2.24) is 5.32 Å². The van der Waals surface area contributed by atoms with Crippen molar-refractivity contribution < 1.29 is 32.9 Å². The number of amides is 1. The van der Waals surface area contributed by atoms with Crippen molar-refractivity contribution in [2.75, 3.05) is 40.9 Å². The van der Waals surface area contributed by atoms with Gasteiger partial charge >= 0.3 is 7.82 Å². The summed E-state index contributed by atoms with van der Waals surface area (Å²) in [5, 5.41) is 13.9. The van der Waals surface area contributed by atoms with Crippen LogP contribution in [0.5, 0.6) is 0 Å². The molecule has 0 aromatic rings. The second kappa shape index (κ2) is 49.9. The third-order valence-corrected chi connectivity index (χ3v) is 13.4. The number of quaternary nitrogens is 1. The molecule has 3 N–H and O–H groups in total. The van der Waals surface area contributed by atoms with Crippen LogP contribution in [0.3, 0.4) is 0 Å². The molecule has 0 aromatic carbocycles. The molecule has 3 atom stereocenters. The number of hydrogen-bond donors (Lipinski definition) is 3. The number of nitrogens with one attached hydrogen (secondary N) is 1. The lowest BCUT2D eigenvalue weighted by molar-refractivity contribution is -0.870. The predicted molar refractivity (Wildman–Crippen MR) is 295 cm³/mol. The van der Waals surface area contributed by atoms with Crippen LogP contribution in [0.1, 0.15) is 245 Å². The van der Waals surface area contributed by atoms with Crippen molar-refractivity contribution in [2.45, 2.75) is 257 Å². The van der Waals surface area contributed by atoms with E-state index in [0.29, 0.717) is 17.4 Å². The molecule has 1 amide bonds. The van der Waals surface area contributed by atoms with Crippen LogP contribution >= 0.6 is 7.82 Å². The maximum absolute atomic E-state index is 12.9. The Balaban J connectivity index is 4.23. The average Bonchev–Trinajstić information content (AvgIpc) is 3.30. The second-order valence-electron chi connectivity index (χ2n) is 20.3. The summed E-state index contributed by atoms with van der Waals surface area (Å²) in [5.74, 6) is -0.234. The number of phosphoric ester groups is 1. The smallest absolute Gasteiger partial charge is 0.387 e. The van der Waals surface area contributed by atoms with E-state index >= 15 is 0 Å². The van der Waals surface area contributed by atoms with Crippen LogP contribution in [-0.4, -0.2) is 73.4 Å². The van der Waals surface area contributed by atoms with Gasteiger partial charge in [-0.15, -0.1) is 0 Å². The summed E-state index contributed by atoms with van der Waals surface area (Å²) >= 11 is 0. The van der Waals surface area contributed by atoms with Crippen molar-refractivity contribution in [3.05, 3.63) is 72.9 Å². The molecular weight excluding hydrogens is 864 g/mol. The van der Waals surface area contributed by atoms with Crippen molar-refractivity contribution >= 4 is 13.7 Å². The Labute approximate surface area is 421 Å². The first-order valence-corrected chi connectivity index (χ1v) is 29.8. The van der Waals surface area contributed by atoms with E-state index in [1.165, 1.54) is 161 Å². The minimum atomic E-state index is -4.36. The summed E-state index contributed by atoms with van der Waals surface area (Å²) in [6.07, 6.45) is 68.8. The van der Waals surface area contributed by atoms with E-state index in [4.69, 9.17) is 9.05 Å². The molecule has 68 heavy (non-hydrogen) atoms. The van der Waals surface area contributed by atoms with Gasteiger partial charge in [0.05, 0.1) is 39.9 Å². The highest BCUT2D eigenvalue weighted by Crippen LogP contribution is 2.43. The molecule has 0 saturated carbocycles. The normalized spacial score (nSPS) is 14.5. The largest absolute Gasteiger partial charge is 0.472 e. The maximum Gasteiger partial charge on any atom is 0.472 e. The van der Waals surface area contributed by atoms with Crippen molar-refractivity contribution in [3.8, 4) is 0 Å². The van der Waals surface area contributed by atoms with Gasteiger partial charge < -0.3 is 19.8 Å². The summed E-state index contributed by atoms with van der Waals surface area (Å²) < 4.78 is 23.6. The van der Waals surface area contributed by atoms with Crippen molar-refractivity contribution in [3.63, 3.8) is 0 Å². The fraction of sp³-hybridized carbons (Fsp3) is 0.780. The zero-order valence-corrected chi connectivity index (χ0v) is 46.0. The van der Waals surface area contributed by atoms with Crippen LogP contribution in [0, 0.1) is 0 Å². The Morgan fingerprint density at radius 2 is 0.882 bits per heavy atom. The number of carbonyl (C=O) groups excluding carboxylic acids is 1. The quantitative estimate of drug-likeness (QED) is 0.0243. The number of aliphatic hydroxyl groups excluding tert-OH is 1. The second-order valence-corrected chi connectivity index (χ2v) is 21.7. The number of allylic oxidation sites excluding steroid dienone is 11. The van der Waals surface area contributed by atoms with E-state index in [0.717, 1.165) is 57.8 Å². The van der Waals surface area contributed by atoms with Crippen LogP contribution in [0.2, 0.25) is 0 Å². The van der Waals surface area contributed by atoms with Gasteiger partial charge in [0.25, 0.3) is 0 Å². The molecule has 0 aromatic heterocycles. The predicted octanol–water partition coefficient (Wildman–Crippen LogP) is 17.1. The number of rotatable bonds is 51. The average molecular weight is 975 g/mol. The molecule has 8 nitrogen and oxygen atoms in total. The highest BCUT2D eigenvalue weighted by atomic mass is 31.2. The summed E-state index contributed by atoms with van der Waals surface area (Å²) in [6, 6.07) is -0.881. The highest BCUT2D eigenvalue weighted by molar-refractivity contribution is 7.47. The lowest BCUT2D eigenvalue weighted by Gasteiger charge is -2.25. The Morgan fingerprint density at radius 1 is 0.515 bits per heavy atom. The third-order valence-electron chi connectivity index (χ3n) is 12.4. The van der Waals surface area contributed by atoms with Crippen molar-refractivity contribution in [2.24, 2.45) is 0 Å². The van der Waals surface area contributed by atoms with E-state index in [1.54, 1.807) is 6.08 Å². The topological polar surface area (TPSA) is 105 Å². The molecule has 0 radical (unpaired) electrons. The van der Waals surface area contributed by atoms with Crippen LogP contribution in [0.4, 0.5) is 0 Å². The molecule has 0 aliphatic rings. The zero-order chi connectivity index (χ0) is 49.9. The lowest BCUT2D eigenvalue weighted by Crippen LogP contribution is -2.45.